The molecule has 0 aliphatic carbocycles. The van der Waals surface area contributed by atoms with Crippen molar-refractivity contribution in [2.24, 2.45) is 5.41 Å². The molecule has 0 bridgehead atoms. The summed E-state index contributed by atoms with van der Waals surface area (Å²) in [7, 11) is 3.52. The van der Waals surface area contributed by atoms with Crippen molar-refractivity contribution in [3.63, 3.8) is 0 Å². The van der Waals surface area contributed by atoms with E-state index in [1.54, 1.807) is 7.05 Å². The number of ketones is 1. The van der Waals surface area contributed by atoms with Crippen LogP contribution in [0.1, 0.15) is 86.5 Å². The van der Waals surface area contributed by atoms with Gasteiger partial charge in [0.25, 0.3) is 0 Å². The zero-order chi connectivity index (χ0) is 24.1. The van der Waals surface area contributed by atoms with Crippen LogP contribution in [0.25, 0.3) is 0 Å². The summed E-state index contributed by atoms with van der Waals surface area (Å²) in [6.45, 7) is 13.7. The summed E-state index contributed by atoms with van der Waals surface area (Å²) < 4.78 is 0.266. The van der Waals surface area contributed by atoms with E-state index in [0.29, 0.717) is 19.4 Å². The van der Waals surface area contributed by atoms with E-state index in [9.17, 15) is 14.4 Å². The molecule has 2 N–H and O–H groups in total. The van der Waals surface area contributed by atoms with Gasteiger partial charge in [0, 0.05) is 36.6 Å². The maximum absolute atomic E-state index is 12.8. The molecule has 0 saturated heterocycles. The third kappa shape index (κ3) is 13.2. The van der Waals surface area contributed by atoms with E-state index in [-0.39, 0.29) is 28.8 Å². The first-order chi connectivity index (χ1) is 14.4. The first kappa shape index (κ1) is 29.9. The normalized spacial score (nSPS) is 13.0. The molecule has 0 aliphatic rings. The van der Waals surface area contributed by atoms with E-state index in [0.717, 1.165) is 38.0 Å². The molecular weight excluding hydrogens is 410 g/mol. The Hall–Kier alpha value is -1.08. The van der Waals surface area contributed by atoms with Gasteiger partial charge in [-0.25, -0.2) is 0 Å². The lowest BCUT2D eigenvalue weighted by Crippen LogP contribution is -2.50. The van der Waals surface area contributed by atoms with Crippen molar-refractivity contribution in [1.82, 2.24) is 15.5 Å². The number of nitrogens with one attached hydrogen (secondary N) is 2. The summed E-state index contributed by atoms with van der Waals surface area (Å²) >= 11 is 1.94. The third-order valence-corrected chi connectivity index (χ3v) is 7.01. The highest BCUT2D eigenvalue weighted by molar-refractivity contribution is 8.00. The van der Waals surface area contributed by atoms with Crippen LogP contribution in [-0.2, 0) is 14.4 Å². The number of unbranched alkanes of at least 4 members (excludes halogenated alkanes) is 2. The minimum atomic E-state index is -0.753. The van der Waals surface area contributed by atoms with Crippen molar-refractivity contribution in [3.05, 3.63) is 0 Å². The molecule has 0 radical (unpaired) electrons. The van der Waals surface area contributed by atoms with E-state index in [1.807, 2.05) is 39.6 Å². The molecule has 0 fully saturated rings. The zero-order valence-corrected chi connectivity index (χ0v) is 22.0. The molecule has 6 nitrogen and oxygen atoms in total. The molecule has 1 atom stereocenters. The fourth-order valence-corrected chi connectivity index (χ4v) is 3.89. The van der Waals surface area contributed by atoms with Gasteiger partial charge in [0.2, 0.25) is 11.8 Å². The molecule has 2 amide bonds. The Kier molecular flexibility index (Phi) is 14.4. The largest absolute Gasteiger partial charge is 0.354 e. The molecule has 0 aromatic rings. The number of nitrogens with zero attached hydrogens (tertiary/aromatic N) is 1. The Balaban J connectivity index is 4.85. The maximum atomic E-state index is 12.8. The number of carbonyl (C=O) groups is 3. The minimum Gasteiger partial charge on any atom is -0.354 e. The van der Waals surface area contributed by atoms with Gasteiger partial charge in [-0.05, 0) is 45.0 Å². The molecular formula is C24H47N3O3S. The monoisotopic (exact) mass is 457 g/mol. The number of carbonyl (C=O) groups excluding carboxylic acids is 3. The van der Waals surface area contributed by atoms with Gasteiger partial charge in [-0.3, -0.25) is 14.4 Å². The fourth-order valence-electron chi connectivity index (χ4n) is 2.93. The van der Waals surface area contributed by atoms with Gasteiger partial charge in [-0.15, -0.1) is 0 Å². The number of likely N-dealkylation sites (N-methyl/N-ethyl adjacent to an activating group) is 1. The second-order valence-corrected chi connectivity index (χ2v) is 11.8. The minimum absolute atomic E-state index is 0.0178. The molecule has 0 rings (SSSR count). The summed E-state index contributed by atoms with van der Waals surface area (Å²) in [5.74, 6) is 0.796. The first-order valence-electron chi connectivity index (χ1n) is 11.7. The van der Waals surface area contributed by atoms with Gasteiger partial charge >= 0.3 is 0 Å². The molecule has 0 heterocycles. The lowest BCUT2D eigenvalue weighted by molar-refractivity contribution is -0.142. The highest BCUT2D eigenvalue weighted by atomic mass is 32.2. The average molecular weight is 458 g/mol. The number of rotatable bonds is 16. The lowest BCUT2D eigenvalue weighted by atomic mass is 9.82. The molecule has 31 heavy (non-hydrogen) atoms. The van der Waals surface area contributed by atoms with Crippen LogP contribution in [0.5, 0.6) is 0 Å². The van der Waals surface area contributed by atoms with Crippen LogP contribution in [0.2, 0.25) is 0 Å². The number of Topliss-reactive ketones (excluding diaryl/α,β-unsaturated/α-hetero) is 1. The SMILES string of the molecule is CCC(C)(C)C(=O)CC(C(=O)NCCCNC)N(C)C(=O)CCCCCSC(C)(C)C. The van der Waals surface area contributed by atoms with E-state index in [4.69, 9.17) is 0 Å². The van der Waals surface area contributed by atoms with E-state index in [2.05, 4.69) is 31.4 Å². The summed E-state index contributed by atoms with van der Waals surface area (Å²) in [4.78, 5) is 39.9. The fraction of sp³-hybridized carbons (Fsp3) is 0.875. The van der Waals surface area contributed by atoms with Crippen molar-refractivity contribution in [3.8, 4) is 0 Å². The van der Waals surface area contributed by atoms with E-state index < -0.39 is 11.5 Å². The summed E-state index contributed by atoms with van der Waals surface area (Å²) in [5, 5.41) is 5.94. The Morgan fingerprint density at radius 3 is 2.16 bits per heavy atom. The van der Waals surface area contributed by atoms with Crippen molar-refractivity contribution in [2.45, 2.75) is 97.3 Å². The van der Waals surface area contributed by atoms with Gasteiger partial charge in [0.15, 0.2) is 0 Å². The van der Waals surface area contributed by atoms with E-state index >= 15 is 0 Å². The molecule has 0 aromatic heterocycles. The molecule has 0 aliphatic heterocycles. The lowest BCUT2D eigenvalue weighted by Gasteiger charge is -2.30. The Labute approximate surface area is 195 Å². The molecule has 7 heteroatoms. The Morgan fingerprint density at radius 2 is 1.61 bits per heavy atom. The van der Waals surface area contributed by atoms with Crippen LogP contribution >= 0.6 is 11.8 Å². The Morgan fingerprint density at radius 1 is 0.968 bits per heavy atom. The predicted octanol–water partition coefficient (Wildman–Crippen LogP) is 4.03. The van der Waals surface area contributed by atoms with Crippen molar-refractivity contribution in [2.75, 3.05) is 32.9 Å². The summed E-state index contributed by atoms with van der Waals surface area (Å²) in [6.07, 6.45) is 4.84. The number of amides is 2. The number of hydrogen-bond donors (Lipinski definition) is 2. The Bertz CT molecular complexity index is 559. The van der Waals surface area contributed by atoms with Crippen molar-refractivity contribution in [1.29, 1.82) is 0 Å². The number of hydrogen-bond acceptors (Lipinski definition) is 5. The smallest absolute Gasteiger partial charge is 0.243 e. The molecule has 1 unspecified atom stereocenters. The second kappa shape index (κ2) is 14.9. The van der Waals surface area contributed by atoms with Crippen LogP contribution in [0.15, 0.2) is 0 Å². The van der Waals surface area contributed by atoms with Gasteiger partial charge in [0.05, 0.1) is 0 Å². The van der Waals surface area contributed by atoms with Gasteiger partial charge in [0.1, 0.15) is 11.8 Å². The van der Waals surface area contributed by atoms with Crippen LogP contribution in [0.4, 0.5) is 0 Å². The standard InChI is InChI=1S/C24H47N3O3S/c1-9-24(5,6)20(28)18-19(22(30)26-16-13-15-25-7)27(8)21(29)14-11-10-12-17-31-23(2,3)4/h19,25H,9-18H2,1-8H3,(H,26,30). The summed E-state index contributed by atoms with van der Waals surface area (Å²) in [6, 6.07) is -0.753. The van der Waals surface area contributed by atoms with Crippen LogP contribution < -0.4 is 10.6 Å². The molecule has 0 saturated carbocycles. The number of thioether (sulfide) groups is 1. The van der Waals surface area contributed by atoms with Gasteiger partial charge < -0.3 is 15.5 Å². The zero-order valence-electron chi connectivity index (χ0n) is 21.2. The molecule has 0 spiro atoms. The average Bonchev–Trinajstić information content (AvgIpc) is 2.69. The van der Waals surface area contributed by atoms with Crippen molar-refractivity contribution < 1.29 is 14.4 Å². The van der Waals surface area contributed by atoms with E-state index in [1.165, 1.54) is 4.90 Å². The predicted molar refractivity (Wildman–Crippen MR) is 132 cm³/mol. The maximum Gasteiger partial charge on any atom is 0.243 e. The molecule has 182 valence electrons. The molecule has 0 aromatic carbocycles. The highest BCUT2D eigenvalue weighted by Gasteiger charge is 2.34. The summed E-state index contributed by atoms with van der Waals surface area (Å²) in [5.41, 5.74) is -0.501. The topological polar surface area (TPSA) is 78.5 Å². The first-order valence-corrected chi connectivity index (χ1v) is 12.7. The second-order valence-electron chi connectivity index (χ2n) is 9.90. The third-order valence-electron chi connectivity index (χ3n) is 5.65. The highest BCUT2D eigenvalue weighted by Crippen LogP contribution is 2.25. The van der Waals surface area contributed by atoms with Crippen molar-refractivity contribution >= 4 is 29.4 Å². The van der Waals surface area contributed by atoms with Gasteiger partial charge in [-0.2, -0.15) is 11.8 Å². The quantitative estimate of drug-likeness (QED) is 0.342. The van der Waals surface area contributed by atoms with Crippen LogP contribution in [-0.4, -0.2) is 66.2 Å². The van der Waals surface area contributed by atoms with Crippen LogP contribution in [0.3, 0.4) is 0 Å². The van der Waals surface area contributed by atoms with Crippen LogP contribution in [0, 0.1) is 5.41 Å². The van der Waals surface area contributed by atoms with Gasteiger partial charge in [-0.1, -0.05) is 48.0 Å².